The molecule has 0 N–H and O–H groups in total. The number of benzene rings is 1. The lowest BCUT2D eigenvalue weighted by molar-refractivity contribution is -0.190. The summed E-state index contributed by atoms with van der Waals surface area (Å²) in [6, 6.07) is 6.47. The number of rotatable bonds is 7. The lowest BCUT2D eigenvalue weighted by Gasteiger charge is -2.21. The summed E-state index contributed by atoms with van der Waals surface area (Å²) in [6.07, 6.45) is -3.60. The molecule has 0 aliphatic carbocycles. The van der Waals surface area contributed by atoms with Crippen molar-refractivity contribution in [2.45, 2.75) is 39.4 Å². The van der Waals surface area contributed by atoms with E-state index >= 15 is 0 Å². The summed E-state index contributed by atoms with van der Waals surface area (Å²) in [5.74, 6) is -1.69. The number of alkyl halides is 3. The van der Waals surface area contributed by atoms with E-state index in [9.17, 15) is 18.0 Å². The van der Waals surface area contributed by atoms with E-state index in [1.54, 1.807) is 31.2 Å². The summed E-state index contributed by atoms with van der Waals surface area (Å²) in [6.45, 7) is 4.34. The van der Waals surface area contributed by atoms with Gasteiger partial charge in [-0.2, -0.15) is 18.2 Å². The Balaban J connectivity index is 2.10. The van der Waals surface area contributed by atoms with E-state index in [4.69, 9.17) is 4.84 Å². The van der Waals surface area contributed by atoms with Crippen LogP contribution in [0.3, 0.4) is 0 Å². The van der Waals surface area contributed by atoms with Gasteiger partial charge in [0.2, 0.25) is 11.7 Å². The van der Waals surface area contributed by atoms with Crippen LogP contribution in [0.4, 0.5) is 13.2 Å². The first kappa shape index (κ1) is 18.9. The summed E-state index contributed by atoms with van der Waals surface area (Å²) in [7, 11) is 0. The summed E-state index contributed by atoms with van der Waals surface area (Å²) >= 11 is 0. The minimum absolute atomic E-state index is 0.148. The Hall–Kier alpha value is -2.42. The van der Waals surface area contributed by atoms with Crippen molar-refractivity contribution in [3.8, 4) is 11.4 Å². The average Bonchev–Trinajstić information content (AvgIpc) is 3.09. The van der Waals surface area contributed by atoms with Crippen LogP contribution >= 0.6 is 0 Å². The maximum Gasteiger partial charge on any atom is 0.471 e. The predicted octanol–water partition coefficient (Wildman–Crippen LogP) is 3.84. The zero-order chi connectivity index (χ0) is 18.4. The number of carbonyl (C=O) groups is 1. The molecule has 0 radical (unpaired) electrons. The second kappa shape index (κ2) is 8.11. The van der Waals surface area contributed by atoms with Crippen molar-refractivity contribution >= 4 is 5.91 Å². The van der Waals surface area contributed by atoms with Gasteiger partial charge in [-0.15, -0.1) is 0 Å². The monoisotopic (exact) mass is 357 g/mol. The van der Waals surface area contributed by atoms with Crippen LogP contribution < -0.4 is 0 Å². The van der Waals surface area contributed by atoms with E-state index in [0.717, 1.165) is 12.0 Å². The van der Waals surface area contributed by atoms with Crippen molar-refractivity contribution < 1.29 is 27.3 Å². The smallest absolute Gasteiger partial charge is 0.329 e. The maximum absolute atomic E-state index is 12.5. The molecule has 0 saturated heterocycles. The molecule has 1 amide bonds. The molecule has 0 aliphatic heterocycles. The van der Waals surface area contributed by atoms with E-state index in [2.05, 4.69) is 14.7 Å². The average molecular weight is 357 g/mol. The van der Waals surface area contributed by atoms with Crippen molar-refractivity contribution in [2.75, 3.05) is 6.61 Å². The van der Waals surface area contributed by atoms with Crippen molar-refractivity contribution in [1.82, 2.24) is 15.2 Å². The Labute approximate surface area is 142 Å². The number of nitrogens with zero attached hydrogens (tertiary/aromatic N) is 3. The fourth-order valence-corrected chi connectivity index (χ4v) is 1.96. The van der Waals surface area contributed by atoms with Gasteiger partial charge >= 0.3 is 12.1 Å². The standard InChI is InChI=1S/C16H18F3N3O3/c1-3-9-24-22(13(23)4-2)10-11-5-7-12(8-6-11)14-20-15(25-21-14)16(17,18)19/h5-8H,3-4,9-10H2,1-2H3. The molecule has 1 heterocycles. The molecule has 2 aromatic rings. The lowest BCUT2D eigenvalue weighted by atomic mass is 10.1. The van der Waals surface area contributed by atoms with Crippen molar-refractivity contribution in [3.05, 3.63) is 35.7 Å². The molecule has 6 nitrogen and oxygen atoms in total. The van der Waals surface area contributed by atoms with Gasteiger partial charge in [0.15, 0.2) is 0 Å². The minimum Gasteiger partial charge on any atom is -0.329 e. The molecule has 0 atom stereocenters. The van der Waals surface area contributed by atoms with E-state index in [0.29, 0.717) is 18.6 Å². The van der Waals surface area contributed by atoms with Gasteiger partial charge in [-0.05, 0) is 12.0 Å². The topological polar surface area (TPSA) is 68.5 Å². The van der Waals surface area contributed by atoms with Gasteiger partial charge in [0.25, 0.3) is 0 Å². The fourth-order valence-electron chi connectivity index (χ4n) is 1.96. The molecule has 0 bridgehead atoms. The largest absolute Gasteiger partial charge is 0.471 e. The Morgan fingerprint density at radius 3 is 2.44 bits per heavy atom. The Morgan fingerprint density at radius 2 is 1.92 bits per heavy atom. The summed E-state index contributed by atoms with van der Waals surface area (Å²) in [5.41, 5.74) is 1.15. The number of hydroxylamine groups is 2. The molecule has 9 heteroatoms. The first-order chi connectivity index (χ1) is 11.8. The highest BCUT2D eigenvalue weighted by atomic mass is 19.4. The van der Waals surface area contributed by atoms with Gasteiger partial charge in [0.05, 0.1) is 13.2 Å². The molecule has 1 aromatic heterocycles. The highest BCUT2D eigenvalue weighted by Crippen LogP contribution is 2.29. The number of carbonyl (C=O) groups excluding carboxylic acids is 1. The second-order valence-electron chi connectivity index (χ2n) is 5.23. The van der Waals surface area contributed by atoms with Gasteiger partial charge < -0.3 is 4.52 Å². The van der Waals surface area contributed by atoms with Gasteiger partial charge in [-0.25, -0.2) is 5.06 Å². The molecule has 136 valence electrons. The molecular formula is C16H18F3N3O3. The van der Waals surface area contributed by atoms with Crippen molar-refractivity contribution in [3.63, 3.8) is 0 Å². The van der Waals surface area contributed by atoms with Crippen LogP contribution in [-0.2, 0) is 22.4 Å². The van der Waals surface area contributed by atoms with Crippen molar-refractivity contribution in [1.29, 1.82) is 0 Å². The number of amides is 1. The first-order valence-corrected chi connectivity index (χ1v) is 7.78. The zero-order valence-electron chi connectivity index (χ0n) is 13.8. The van der Waals surface area contributed by atoms with Crippen LogP contribution in [0.15, 0.2) is 28.8 Å². The number of hydrogen-bond donors (Lipinski definition) is 0. The normalized spacial score (nSPS) is 11.6. The summed E-state index contributed by atoms with van der Waals surface area (Å²) in [5, 5.41) is 4.62. The van der Waals surface area contributed by atoms with E-state index < -0.39 is 12.1 Å². The third-order valence-electron chi connectivity index (χ3n) is 3.24. The highest BCUT2D eigenvalue weighted by Gasteiger charge is 2.38. The zero-order valence-corrected chi connectivity index (χ0v) is 13.8. The van der Waals surface area contributed by atoms with Crippen LogP contribution in [0.25, 0.3) is 11.4 Å². The number of aromatic nitrogens is 2. The molecule has 25 heavy (non-hydrogen) atoms. The molecular weight excluding hydrogens is 339 g/mol. The third-order valence-corrected chi connectivity index (χ3v) is 3.24. The van der Waals surface area contributed by atoms with Crippen LogP contribution in [0.5, 0.6) is 0 Å². The van der Waals surface area contributed by atoms with Crippen LogP contribution in [0, 0.1) is 0 Å². The molecule has 0 saturated carbocycles. The lowest BCUT2D eigenvalue weighted by Crippen LogP contribution is -2.30. The van der Waals surface area contributed by atoms with E-state index in [1.165, 1.54) is 5.06 Å². The molecule has 0 fully saturated rings. The number of halogens is 3. The Kier molecular flexibility index (Phi) is 6.13. The Bertz CT molecular complexity index is 699. The minimum atomic E-state index is -4.68. The molecule has 2 rings (SSSR count). The first-order valence-electron chi connectivity index (χ1n) is 7.78. The number of hydrogen-bond acceptors (Lipinski definition) is 5. The van der Waals surface area contributed by atoms with Gasteiger partial charge in [-0.3, -0.25) is 9.63 Å². The van der Waals surface area contributed by atoms with Crippen LogP contribution in [0.2, 0.25) is 0 Å². The third kappa shape index (κ3) is 5.02. The molecule has 1 aromatic carbocycles. The quantitative estimate of drug-likeness (QED) is 0.705. The SMILES string of the molecule is CCCON(Cc1ccc(-c2noc(C(F)(F)F)n2)cc1)C(=O)CC. The van der Waals surface area contributed by atoms with Crippen LogP contribution in [0.1, 0.15) is 38.1 Å². The van der Waals surface area contributed by atoms with E-state index in [1.807, 2.05) is 6.92 Å². The van der Waals surface area contributed by atoms with Gasteiger partial charge in [-0.1, -0.05) is 43.3 Å². The second-order valence-corrected chi connectivity index (χ2v) is 5.23. The fraction of sp³-hybridized carbons (Fsp3) is 0.438. The van der Waals surface area contributed by atoms with Crippen molar-refractivity contribution in [2.24, 2.45) is 0 Å². The van der Waals surface area contributed by atoms with Gasteiger partial charge in [0.1, 0.15) is 0 Å². The molecule has 0 aliphatic rings. The van der Waals surface area contributed by atoms with Crippen LogP contribution in [-0.4, -0.2) is 27.7 Å². The summed E-state index contributed by atoms with van der Waals surface area (Å²) < 4.78 is 41.7. The molecule has 0 spiro atoms. The molecule has 0 unspecified atom stereocenters. The maximum atomic E-state index is 12.5. The Morgan fingerprint density at radius 1 is 1.24 bits per heavy atom. The van der Waals surface area contributed by atoms with Gasteiger partial charge in [0, 0.05) is 12.0 Å². The summed E-state index contributed by atoms with van der Waals surface area (Å²) in [4.78, 5) is 20.6. The van der Waals surface area contributed by atoms with E-state index in [-0.39, 0.29) is 18.3 Å². The highest BCUT2D eigenvalue weighted by molar-refractivity contribution is 5.74. The predicted molar refractivity (Wildman–Crippen MR) is 81.8 cm³/mol.